The second-order valence-electron chi connectivity index (χ2n) is 21.7. The van der Waals surface area contributed by atoms with E-state index in [0.29, 0.717) is 30.5 Å². The quantitative estimate of drug-likeness (QED) is 0.0939. The molecular weight excluding hydrogens is 995 g/mol. The van der Waals surface area contributed by atoms with E-state index >= 15 is 0 Å². The molecule has 0 aromatic heterocycles. The molecule has 3 aliphatic heterocycles. The number of fused-ring (bicyclic) bond motifs is 2. The van der Waals surface area contributed by atoms with Gasteiger partial charge >= 0.3 is 11.9 Å². The van der Waals surface area contributed by atoms with Gasteiger partial charge in [0.2, 0.25) is 0 Å². The predicted molar refractivity (Wildman–Crippen MR) is 292 cm³/mol. The molecule has 0 radical (unpaired) electrons. The lowest BCUT2D eigenvalue weighted by molar-refractivity contribution is -0.960. The monoisotopic (exact) mass is 1090 g/mol. The first kappa shape index (κ1) is 67.8. The highest BCUT2D eigenvalue weighted by Gasteiger charge is 2.55. The average Bonchev–Trinajstić information content (AvgIpc) is 3.35. The van der Waals surface area contributed by atoms with Gasteiger partial charge in [0.15, 0.2) is 18.2 Å². The van der Waals surface area contributed by atoms with E-state index in [2.05, 4.69) is 20.8 Å². The highest BCUT2D eigenvalue weighted by Crippen LogP contribution is 2.39. The third-order valence-corrected chi connectivity index (χ3v) is 15.0. The van der Waals surface area contributed by atoms with E-state index in [0.717, 1.165) is 19.3 Å². The number of hydrogen-bond donors (Lipinski definition) is 10. The zero-order valence-electron chi connectivity index (χ0n) is 47.1. The average molecular weight is 1090 g/mol. The maximum atomic E-state index is 13.8. The Balaban J connectivity index is 2.03. The van der Waals surface area contributed by atoms with E-state index in [4.69, 9.17) is 23.7 Å². The highest BCUT2D eigenvalue weighted by molar-refractivity contribution is 5.74. The molecule has 0 aromatic rings. The standard InChI is InChI=1S/C59H98NO17/c1-9-29-60(30-10-2,31-11-3)53-55(69)42(8)75-58(56(53)70)76-46-26-24-22-20-18-16-14-13-15-17-19-21-23-25-39(5)54(68)40(6)41(7)74-51(67)35-44(62)33-43(61)27-28-47(64)48(65)34-45(63)37-59(72)38-49(66)52(50(36-46)77-59)57(71)73-32-12-4/h13-26,39-50,52-56,58,61-66,68-70,72H,9-12,27-38H2,1-8H3/q+1/t39-,40-,41-,42+,43+,44+,45-,46-,47+,48+,49-,50-,52+,53-,54+,55+,56-,58-,59+/m0/s1. The molecule has 10 N–H and O–H groups in total. The number of carbonyl (C=O) groups excluding carboxylic acids is 2. The van der Waals surface area contributed by atoms with Gasteiger partial charge in [0, 0.05) is 37.5 Å². The second-order valence-corrected chi connectivity index (χ2v) is 21.7. The van der Waals surface area contributed by atoms with Crippen molar-refractivity contribution < 1.29 is 88.8 Å². The first-order chi connectivity index (χ1) is 36.5. The minimum absolute atomic E-state index is 0.0457. The normalized spacial score (nSPS) is 37.6. The summed E-state index contributed by atoms with van der Waals surface area (Å²) in [5.41, 5.74) is 0. The smallest absolute Gasteiger partial charge is 0.314 e. The molecule has 0 aliphatic carbocycles. The zero-order valence-corrected chi connectivity index (χ0v) is 47.1. The molecule has 440 valence electrons. The summed E-state index contributed by atoms with van der Waals surface area (Å²) in [5.74, 6) is -5.84. The first-order valence-electron chi connectivity index (χ1n) is 28.3. The van der Waals surface area contributed by atoms with Crippen molar-refractivity contribution in [1.82, 2.24) is 0 Å². The van der Waals surface area contributed by atoms with Crippen LogP contribution in [0.15, 0.2) is 85.1 Å². The summed E-state index contributed by atoms with van der Waals surface area (Å²) in [7, 11) is 0. The number of ether oxygens (including phenoxy) is 5. The summed E-state index contributed by atoms with van der Waals surface area (Å²) in [6.45, 7) is 17.2. The molecule has 19 atom stereocenters. The number of cyclic esters (lactones) is 1. The molecule has 0 saturated carbocycles. The van der Waals surface area contributed by atoms with Crippen molar-refractivity contribution in [3.8, 4) is 0 Å². The number of aliphatic hydroxyl groups excluding tert-OH is 9. The van der Waals surface area contributed by atoms with Crippen molar-refractivity contribution in [3.63, 3.8) is 0 Å². The number of esters is 2. The molecule has 2 saturated heterocycles. The number of nitrogens with zero attached hydrogens (tertiary/aromatic N) is 1. The Hall–Kier alpha value is -3.44. The van der Waals surface area contributed by atoms with Crippen molar-refractivity contribution in [2.45, 2.75) is 230 Å². The van der Waals surface area contributed by atoms with Gasteiger partial charge in [0.1, 0.15) is 24.2 Å². The Labute approximate surface area is 458 Å². The molecule has 2 bridgehead atoms. The lowest BCUT2D eigenvalue weighted by Crippen LogP contribution is -2.72. The Morgan fingerprint density at radius 3 is 1.74 bits per heavy atom. The van der Waals surface area contributed by atoms with Crippen molar-refractivity contribution in [1.29, 1.82) is 0 Å². The summed E-state index contributed by atoms with van der Waals surface area (Å²) in [6, 6.07) is -0.671. The predicted octanol–water partition coefficient (Wildman–Crippen LogP) is 4.67. The van der Waals surface area contributed by atoms with Crippen LogP contribution in [-0.4, -0.2) is 191 Å². The van der Waals surface area contributed by atoms with Crippen molar-refractivity contribution >= 4 is 11.9 Å². The number of hydrogen-bond acceptors (Lipinski definition) is 17. The molecule has 77 heavy (non-hydrogen) atoms. The molecular formula is C59H98NO17+. The van der Waals surface area contributed by atoms with Crippen LogP contribution in [0.1, 0.15) is 132 Å². The van der Waals surface area contributed by atoms with E-state index in [9.17, 15) is 60.7 Å². The van der Waals surface area contributed by atoms with Crippen LogP contribution in [0.4, 0.5) is 0 Å². The topological polar surface area (TPSA) is 283 Å². The lowest BCUT2D eigenvalue weighted by Gasteiger charge is -2.53. The number of carbonyl (C=O) groups is 2. The fourth-order valence-electron chi connectivity index (χ4n) is 11.0. The summed E-state index contributed by atoms with van der Waals surface area (Å²) in [4.78, 5) is 26.5. The molecule has 3 rings (SSSR count). The molecule has 0 spiro atoms. The Kier molecular flexibility index (Phi) is 30.5. The SMILES string of the molecule is CCCOC(=O)[C@H]1[C@@H]2C[C@@H](O[C@@H]3O[C@H](C)[C@@H](O)[C@H]([N+](CCC)(CCC)CCC)[C@@H]3O)C=CC=CC=CC=CC=CC=CC=C[C@H](C)[C@@H](O)[C@@H](C)[C@H](C)OC(=O)C[C@H](O)C[C@H](O)CC[C@@H](O)[C@H](O)C[C@H](O)C[C@](O)(C[C@@H]1O)O2. The van der Waals surface area contributed by atoms with Crippen LogP contribution in [0.5, 0.6) is 0 Å². The van der Waals surface area contributed by atoms with Gasteiger partial charge in [-0.25, -0.2) is 0 Å². The van der Waals surface area contributed by atoms with Gasteiger partial charge in [0.25, 0.3) is 0 Å². The van der Waals surface area contributed by atoms with Crippen LogP contribution >= 0.6 is 0 Å². The van der Waals surface area contributed by atoms with Gasteiger partial charge in [-0.05, 0) is 58.8 Å². The second kappa shape index (κ2) is 34.6. The fraction of sp³-hybridized carbons (Fsp3) is 0.729. The highest BCUT2D eigenvalue weighted by atomic mass is 16.7. The minimum Gasteiger partial charge on any atom is -0.465 e. The number of aliphatic hydroxyl groups is 10. The van der Waals surface area contributed by atoms with E-state index in [1.807, 2.05) is 68.5 Å². The van der Waals surface area contributed by atoms with Crippen LogP contribution in [-0.2, 0) is 33.3 Å². The molecule has 2 fully saturated rings. The molecule has 3 heterocycles. The molecule has 0 aromatic carbocycles. The van der Waals surface area contributed by atoms with Gasteiger partial charge in [0.05, 0.1) is 93.7 Å². The molecule has 0 amide bonds. The van der Waals surface area contributed by atoms with Gasteiger partial charge in [-0.2, -0.15) is 0 Å². The lowest BCUT2D eigenvalue weighted by atomic mass is 9.82. The van der Waals surface area contributed by atoms with Gasteiger partial charge in [-0.1, -0.05) is 127 Å². The third-order valence-electron chi connectivity index (χ3n) is 15.0. The van der Waals surface area contributed by atoms with Crippen molar-refractivity contribution in [2.75, 3.05) is 26.2 Å². The van der Waals surface area contributed by atoms with Gasteiger partial charge in [-0.15, -0.1) is 0 Å². The maximum Gasteiger partial charge on any atom is 0.314 e. The number of rotatable bonds is 12. The van der Waals surface area contributed by atoms with Crippen molar-refractivity contribution in [3.05, 3.63) is 85.1 Å². The Bertz CT molecular complexity index is 1900. The van der Waals surface area contributed by atoms with Gasteiger partial charge in [-0.3, -0.25) is 9.59 Å². The van der Waals surface area contributed by atoms with Crippen LogP contribution in [0.3, 0.4) is 0 Å². The van der Waals surface area contributed by atoms with E-state index in [1.165, 1.54) is 0 Å². The largest absolute Gasteiger partial charge is 0.465 e. The summed E-state index contributed by atoms with van der Waals surface area (Å²) >= 11 is 0. The third kappa shape index (κ3) is 22.2. The Morgan fingerprint density at radius 1 is 0.623 bits per heavy atom. The summed E-state index contributed by atoms with van der Waals surface area (Å²) in [6.07, 6.45) is 8.65. The van der Waals surface area contributed by atoms with E-state index in [1.54, 1.807) is 51.2 Å². The number of allylic oxidation sites excluding steroid dienone is 12. The van der Waals surface area contributed by atoms with Crippen molar-refractivity contribution in [2.24, 2.45) is 17.8 Å². The minimum atomic E-state index is -2.27. The van der Waals surface area contributed by atoms with Crippen LogP contribution in [0, 0.1) is 17.8 Å². The van der Waals surface area contributed by atoms with Crippen LogP contribution < -0.4 is 0 Å². The number of quaternary nitrogens is 1. The molecule has 0 unspecified atom stereocenters. The Morgan fingerprint density at radius 2 is 1.18 bits per heavy atom. The van der Waals surface area contributed by atoms with Crippen LogP contribution in [0.25, 0.3) is 0 Å². The first-order valence-corrected chi connectivity index (χ1v) is 28.3. The molecule has 18 nitrogen and oxygen atoms in total. The maximum absolute atomic E-state index is 13.8. The summed E-state index contributed by atoms with van der Waals surface area (Å²) < 4.78 is 30.7. The van der Waals surface area contributed by atoms with E-state index < -0.39 is 147 Å². The fourth-order valence-corrected chi connectivity index (χ4v) is 11.0. The van der Waals surface area contributed by atoms with E-state index in [-0.39, 0.29) is 38.2 Å². The molecule has 3 aliphatic rings. The van der Waals surface area contributed by atoms with Crippen LogP contribution in [0.2, 0.25) is 0 Å². The zero-order chi connectivity index (χ0) is 57.3. The summed E-state index contributed by atoms with van der Waals surface area (Å²) in [5, 5.41) is 113. The van der Waals surface area contributed by atoms with Gasteiger partial charge < -0.3 is 79.2 Å². The molecule has 18 heteroatoms.